The lowest BCUT2D eigenvalue weighted by atomic mass is 9.82. The maximum absolute atomic E-state index is 13.2. The normalized spacial score (nSPS) is 15.7. The Morgan fingerprint density at radius 2 is 1.60 bits per heavy atom. The summed E-state index contributed by atoms with van der Waals surface area (Å²) in [4.78, 5) is 37.7. The molecule has 45 heavy (non-hydrogen) atoms. The lowest BCUT2D eigenvalue weighted by Crippen LogP contribution is -2.26. The number of benzene rings is 2. The molecule has 0 spiro atoms. The van der Waals surface area contributed by atoms with Crippen molar-refractivity contribution >= 4 is 35.0 Å². The molecule has 2 amide bonds. The molecule has 0 atom stereocenters. The number of amides is 2. The fraction of sp³-hybridized carbons (Fsp3) is 0.281. The minimum Gasteiger partial charge on any atom is -0.397 e. The lowest BCUT2D eigenvalue weighted by Gasteiger charge is -2.20. The standard InChI is InChI=1S/C32H26F7N3O3/c33-24-8-10-27(26(40)17-24)42-28(43)4-2-1-3-11-41-30(45)21-7-9-25-19(15-21)5-6-20(29(25)44)12-18-13-22(31(34,35)36)16-23(14-18)32(37,38)39/h8,10,12-17H,1-6,11,40H2,(H,41,45)(H,42,43)/b20-12+. The van der Waals surface area contributed by atoms with Crippen molar-refractivity contribution in [1.82, 2.24) is 5.32 Å². The number of allylic oxidation sites excluding steroid dienone is 3. The van der Waals surface area contributed by atoms with Crippen LogP contribution in [0.2, 0.25) is 0 Å². The van der Waals surface area contributed by atoms with Gasteiger partial charge >= 0.3 is 12.4 Å². The molecular weight excluding hydrogens is 607 g/mol. The molecule has 4 rings (SSSR count). The number of nitrogen functional groups attached to an aromatic ring is 1. The van der Waals surface area contributed by atoms with Crippen LogP contribution >= 0.6 is 0 Å². The number of nitrogens with two attached hydrogens (primary N) is 1. The number of Topliss-reactive ketones (excluding diaryl/α,β-unsaturated/α-hetero) is 1. The van der Waals surface area contributed by atoms with Crippen LogP contribution in [0.4, 0.5) is 42.1 Å². The topological polar surface area (TPSA) is 101 Å². The van der Waals surface area contributed by atoms with E-state index in [0.717, 1.165) is 12.1 Å². The lowest BCUT2D eigenvalue weighted by molar-refractivity contribution is -0.143. The first-order valence-corrected chi connectivity index (χ1v) is 13.8. The van der Waals surface area contributed by atoms with Gasteiger partial charge in [-0.25, -0.2) is 4.39 Å². The van der Waals surface area contributed by atoms with Gasteiger partial charge in [-0.05, 0) is 85.4 Å². The molecule has 4 N–H and O–H groups in total. The Kier molecular flexibility index (Phi) is 9.85. The number of alkyl halides is 6. The SMILES string of the molecule is Nc1cc(F)ccc1NC(=O)CCCCCNC(=O)C1=C=C=C2C(=O)/C(=C/c3cc(C(F)(F)F)cc(C(F)(F)F)c3)CCC2=C1. The van der Waals surface area contributed by atoms with Gasteiger partial charge in [0.1, 0.15) is 5.82 Å². The first-order valence-electron chi connectivity index (χ1n) is 13.8. The molecule has 0 heterocycles. The smallest absolute Gasteiger partial charge is 0.397 e. The van der Waals surface area contributed by atoms with Gasteiger partial charge in [0.05, 0.1) is 33.6 Å². The Hall–Kier alpha value is -4.86. The summed E-state index contributed by atoms with van der Waals surface area (Å²) >= 11 is 0. The van der Waals surface area contributed by atoms with E-state index in [0.29, 0.717) is 49.2 Å². The molecule has 2 aromatic carbocycles. The van der Waals surface area contributed by atoms with Crippen LogP contribution in [0.1, 0.15) is 55.2 Å². The van der Waals surface area contributed by atoms with Crippen LogP contribution in [-0.2, 0) is 26.7 Å². The Bertz CT molecular complexity index is 1670. The van der Waals surface area contributed by atoms with Crippen molar-refractivity contribution in [3.8, 4) is 0 Å². The van der Waals surface area contributed by atoms with E-state index < -0.39 is 46.6 Å². The number of rotatable bonds is 9. The average molecular weight is 634 g/mol. The number of carbonyl (C=O) groups excluding carboxylic acids is 3. The van der Waals surface area contributed by atoms with Crippen molar-refractivity contribution in [1.29, 1.82) is 0 Å². The van der Waals surface area contributed by atoms with Gasteiger partial charge in [0.15, 0.2) is 5.78 Å². The monoisotopic (exact) mass is 633 g/mol. The molecule has 0 saturated heterocycles. The molecule has 2 aromatic rings. The number of unbranched alkanes of at least 4 members (excludes halogenated alkanes) is 2. The zero-order valence-electron chi connectivity index (χ0n) is 23.5. The molecule has 0 radical (unpaired) electrons. The molecule has 1 saturated carbocycles. The van der Waals surface area contributed by atoms with Crippen LogP contribution in [0.3, 0.4) is 0 Å². The van der Waals surface area contributed by atoms with Gasteiger partial charge in [0, 0.05) is 18.5 Å². The van der Waals surface area contributed by atoms with Gasteiger partial charge in [0.25, 0.3) is 5.91 Å². The second-order valence-corrected chi connectivity index (χ2v) is 10.4. The first-order chi connectivity index (χ1) is 21.1. The van der Waals surface area contributed by atoms with E-state index in [2.05, 4.69) is 22.1 Å². The molecule has 0 unspecified atom stereocenters. The third-order valence-electron chi connectivity index (χ3n) is 6.99. The van der Waals surface area contributed by atoms with E-state index in [9.17, 15) is 45.1 Å². The second-order valence-electron chi connectivity index (χ2n) is 10.4. The molecule has 6 nitrogen and oxygen atoms in total. The van der Waals surface area contributed by atoms with Gasteiger partial charge < -0.3 is 16.4 Å². The molecule has 0 aromatic heterocycles. The summed E-state index contributed by atoms with van der Waals surface area (Å²) in [6.45, 7) is 0.291. The average Bonchev–Trinajstić information content (AvgIpc) is 2.96. The van der Waals surface area contributed by atoms with Crippen molar-refractivity contribution in [2.45, 2.75) is 50.9 Å². The van der Waals surface area contributed by atoms with Gasteiger partial charge in [0.2, 0.25) is 5.91 Å². The van der Waals surface area contributed by atoms with Crippen LogP contribution in [0, 0.1) is 5.82 Å². The van der Waals surface area contributed by atoms with E-state index in [4.69, 9.17) is 5.73 Å². The minimum atomic E-state index is -5.02. The maximum Gasteiger partial charge on any atom is 0.416 e. The summed E-state index contributed by atoms with van der Waals surface area (Å²) in [5.41, 5.74) is 8.53. The number of hydrogen-bond acceptors (Lipinski definition) is 4. The summed E-state index contributed by atoms with van der Waals surface area (Å²) < 4.78 is 92.4. The van der Waals surface area contributed by atoms with Crippen molar-refractivity contribution in [3.63, 3.8) is 0 Å². The van der Waals surface area contributed by atoms with Gasteiger partial charge in [-0.1, -0.05) is 17.9 Å². The van der Waals surface area contributed by atoms with Crippen molar-refractivity contribution in [2.24, 2.45) is 0 Å². The van der Waals surface area contributed by atoms with Crippen LogP contribution in [0.25, 0.3) is 6.08 Å². The largest absolute Gasteiger partial charge is 0.416 e. The zero-order chi connectivity index (χ0) is 32.9. The fourth-order valence-corrected chi connectivity index (χ4v) is 4.70. The Morgan fingerprint density at radius 1 is 0.911 bits per heavy atom. The molecular formula is C32H26F7N3O3. The van der Waals surface area contributed by atoms with Crippen molar-refractivity contribution in [2.75, 3.05) is 17.6 Å². The van der Waals surface area contributed by atoms with E-state index in [-0.39, 0.29) is 53.6 Å². The van der Waals surface area contributed by atoms with Crippen molar-refractivity contribution < 1.29 is 45.1 Å². The molecule has 0 aliphatic heterocycles. The quantitative estimate of drug-likeness (QED) is 0.0906. The second kappa shape index (κ2) is 13.4. The number of carbonyl (C=O) groups is 3. The highest BCUT2D eigenvalue weighted by atomic mass is 19.4. The summed E-state index contributed by atoms with van der Waals surface area (Å²) in [6, 6.07) is 4.77. The number of nitrogens with one attached hydrogen (secondary N) is 2. The molecule has 2 aliphatic carbocycles. The van der Waals surface area contributed by atoms with Crippen LogP contribution in [0.5, 0.6) is 0 Å². The van der Waals surface area contributed by atoms with Crippen molar-refractivity contribution in [3.05, 3.63) is 98.7 Å². The Labute approximate surface area is 252 Å². The van der Waals surface area contributed by atoms with Gasteiger partial charge in [-0.15, -0.1) is 0 Å². The maximum atomic E-state index is 13.2. The first kappa shape index (κ1) is 33.0. The predicted molar refractivity (Wildman–Crippen MR) is 152 cm³/mol. The van der Waals surface area contributed by atoms with E-state index in [1.165, 1.54) is 18.2 Å². The molecule has 0 bridgehead atoms. The highest BCUT2D eigenvalue weighted by Gasteiger charge is 2.37. The number of halogens is 7. The Morgan fingerprint density at radius 3 is 2.24 bits per heavy atom. The van der Waals surface area contributed by atoms with Gasteiger partial charge in [-0.2, -0.15) is 26.3 Å². The minimum absolute atomic E-state index is 0.00613. The van der Waals surface area contributed by atoms with E-state index >= 15 is 0 Å². The number of hydrogen-bond donors (Lipinski definition) is 3. The summed E-state index contributed by atoms with van der Waals surface area (Å²) in [6.07, 6.45) is -5.45. The third kappa shape index (κ3) is 8.62. The summed E-state index contributed by atoms with van der Waals surface area (Å²) in [5, 5.41) is 5.32. The fourth-order valence-electron chi connectivity index (χ4n) is 4.70. The number of ketones is 1. The predicted octanol–water partition coefficient (Wildman–Crippen LogP) is 7.05. The van der Waals surface area contributed by atoms with Gasteiger partial charge in [-0.3, -0.25) is 14.4 Å². The molecule has 236 valence electrons. The number of anilines is 2. The van der Waals surface area contributed by atoms with E-state index in [1.54, 1.807) is 0 Å². The highest BCUT2D eigenvalue weighted by Crippen LogP contribution is 2.38. The molecule has 1 fully saturated rings. The molecule has 2 aliphatic rings. The van der Waals surface area contributed by atoms with Crippen LogP contribution in [-0.4, -0.2) is 24.1 Å². The van der Waals surface area contributed by atoms with E-state index in [1.807, 2.05) is 0 Å². The highest BCUT2D eigenvalue weighted by molar-refractivity contribution is 6.15. The van der Waals surface area contributed by atoms with Crippen LogP contribution in [0.15, 0.2) is 76.2 Å². The number of fused-ring (bicyclic) bond motifs is 1. The van der Waals surface area contributed by atoms with Crippen LogP contribution < -0.4 is 16.4 Å². The summed E-state index contributed by atoms with van der Waals surface area (Å²) in [5.74, 6) is -1.91. The summed E-state index contributed by atoms with van der Waals surface area (Å²) in [7, 11) is 0. The zero-order valence-corrected chi connectivity index (χ0v) is 23.5. The molecule has 13 heteroatoms. The Balaban J connectivity index is 1.33. The third-order valence-corrected chi connectivity index (χ3v) is 6.99.